The highest BCUT2D eigenvalue weighted by Crippen LogP contribution is 2.18. The molecule has 1 aromatic carbocycles. The van der Waals surface area contributed by atoms with Crippen molar-refractivity contribution >= 4 is 17.6 Å². The van der Waals surface area contributed by atoms with Gasteiger partial charge in [-0.1, -0.05) is 25.5 Å². The van der Waals surface area contributed by atoms with Gasteiger partial charge in [0.2, 0.25) is 5.91 Å². The van der Waals surface area contributed by atoms with Crippen LogP contribution in [0, 0.1) is 13.8 Å². The smallest absolute Gasteiger partial charge is 0.322 e. The minimum absolute atomic E-state index is 0.0386. The number of hydrogen-bond donors (Lipinski definition) is 1. The molecule has 0 aliphatic heterocycles. The van der Waals surface area contributed by atoms with Crippen LogP contribution in [0.5, 0.6) is 0 Å². The number of aromatic nitrogens is 1. The summed E-state index contributed by atoms with van der Waals surface area (Å²) < 4.78 is 7.48. The first-order valence-corrected chi connectivity index (χ1v) is 11.9. The summed E-state index contributed by atoms with van der Waals surface area (Å²) in [7, 11) is 1.98. The molecule has 0 radical (unpaired) electrons. The second kappa shape index (κ2) is 13.7. The van der Waals surface area contributed by atoms with E-state index in [2.05, 4.69) is 12.2 Å². The Labute approximate surface area is 198 Å². The predicted molar refractivity (Wildman–Crippen MR) is 133 cm³/mol. The number of benzene rings is 1. The molecular weight excluding hydrogens is 416 g/mol. The maximum absolute atomic E-state index is 13.3. The molecule has 182 valence electrons. The van der Waals surface area contributed by atoms with E-state index >= 15 is 0 Å². The number of anilines is 1. The van der Waals surface area contributed by atoms with E-state index in [1.807, 2.05) is 73.8 Å². The highest BCUT2D eigenvalue weighted by atomic mass is 16.5. The van der Waals surface area contributed by atoms with Crippen LogP contribution >= 0.6 is 0 Å². The molecule has 0 spiro atoms. The zero-order chi connectivity index (χ0) is 24.2. The first kappa shape index (κ1) is 26.5. The molecule has 2 rings (SSSR count). The number of amides is 3. The summed E-state index contributed by atoms with van der Waals surface area (Å²) in [5, 5.41) is 3.01. The molecule has 0 atom stereocenters. The molecule has 7 nitrogen and oxygen atoms in total. The number of hydrogen-bond acceptors (Lipinski definition) is 3. The Morgan fingerprint density at radius 3 is 2.45 bits per heavy atom. The number of carbonyl (C=O) groups is 2. The fourth-order valence-electron chi connectivity index (χ4n) is 3.60. The maximum Gasteiger partial charge on any atom is 0.322 e. The Morgan fingerprint density at radius 1 is 1.03 bits per heavy atom. The molecule has 3 amide bonds. The first-order valence-electron chi connectivity index (χ1n) is 11.9. The number of ether oxygens (including phenoxy) is 1. The van der Waals surface area contributed by atoms with Gasteiger partial charge in [0, 0.05) is 50.9 Å². The van der Waals surface area contributed by atoms with E-state index in [0.29, 0.717) is 39.3 Å². The van der Waals surface area contributed by atoms with Crippen molar-refractivity contribution in [1.29, 1.82) is 0 Å². The molecule has 0 unspecified atom stereocenters. The normalized spacial score (nSPS) is 10.8. The lowest BCUT2D eigenvalue weighted by Crippen LogP contribution is -2.45. The second-order valence-corrected chi connectivity index (χ2v) is 8.43. The van der Waals surface area contributed by atoms with E-state index in [1.54, 1.807) is 4.90 Å². The summed E-state index contributed by atoms with van der Waals surface area (Å²) >= 11 is 0. The average Bonchev–Trinajstić information content (AvgIpc) is 3.20. The molecule has 1 heterocycles. The molecule has 0 aliphatic carbocycles. The third kappa shape index (κ3) is 8.24. The fraction of sp³-hybridized carbons (Fsp3) is 0.538. The summed E-state index contributed by atoms with van der Waals surface area (Å²) in [6, 6.07) is 9.58. The van der Waals surface area contributed by atoms with Crippen LogP contribution in [0.1, 0.15) is 49.9 Å². The Bertz CT molecular complexity index is 893. The van der Waals surface area contributed by atoms with E-state index in [-0.39, 0.29) is 18.5 Å². The van der Waals surface area contributed by atoms with Gasteiger partial charge in [-0.3, -0.25) is 4.79 Å². The Kier molecular flexibility index (Phi) is 11.0. The molecule has 0 bridgehead atoms. The number of nitrogens with one attached hydrogen (secondary N) is 1. The van der Waals surface area contributed by atoms with Gasteiger partial charge in [-0.15, -0.1) is 0 Å². The van der Waals surface area contributed by atoms with Gasteiger partial charge in [-0.2, -0.15) is 0 Å². The highest BCUT2D eigenvalue weighted by Gasteiger charge is 2.22. The van der Waals surface area contributed by atoms with Gasteiger partial charge < -0.3 is 24.4 Å². The number of aryl methyl sites for hydroxylation is 2. The van der Waals surface area contributed by atoms with Crippen LogP contribution in [0.25, 0.3) is 0 Å². The number of nitrogens with zero attached hydrogens (tertiary/aromatic N) is 3. The van der Waals surface area contributed by atoms with Crippen LogP contribution in [0.4, 0.5) is 10.5 Å². The van der Waals surface area contributed by atoms with E-state index in [4.69, 9.17) is 4.74 Å². The average molecular weight is 457 g/mol. The first-order chi connectivity index (χ1) is 15.9. The quantitative estimate of drug-likeness (QED) is 0.443. The topological polar surface area (TPSA) is 66.8 Å². The molecular formula is C26H40N4O3. The SMILES string of the molecule is CCCCN(Cc1cccn1C)C(=O)CN(CCCOCC)C(=O)Nc1cccc(C)c1C. The standard InChI is InChI=1S/C26H40N4O3/c1-6-8-16-29(19-23-13-10-15-28(23)5)25(31)20-30(17-11-18-33-7-2)26(32)27-24-14-9-12-21(3)22(24)4/h9-10,12-15H,6-8,11,16-20H2,1-5H3,(H,27,32). The van der Waals surface area contributed by atoms with Gasteiger partial charge in [0.05, 0.1) is 6.54 Å². The maximum atomic E-state index is 13.3. The Morgan fingerprint density at radius 2 is 1.79 bits per heavy atom. The zero-order valence-electron chi connectivity index (χ0n) is 20.9. The van der Waals surface area contributed by atoms with Crippen LogP contribution in [0.3, 0.4) is 0 Å². The van der Waals surface area contributed by atoms with Crippen LogP contribution in [-0.2, 0) is 23.1 Å². The van der Waals surface area contributed by atoms with E-state index in [1.165, 1.54) is 0 Å². The van der Waals surface area contributed by atoms with Crippen LogP contribution < -0.4 is 5.32 Å². The number of unbranched alkanes of at least 4 members (excludes halogenated alkanes) is 1. The molecule has 7 heteroatoms. The molecule has 1 N–H and O–H groups in total. The Balaban J connectivity index is 2.14. The third-order valence-electron chi connectivity index (χ3n) is 5.92. The van der Waals surface area contributed by atoms with Crippen molar-refractivity contribution in [2.24, 2.45) is 7.05 Å². The van der Waals surface area contributed by atoms with Gasteiger partial charge in [0.1, 0.15) is 6.54 Å². The van der Waals surface area contributed by atoms with Gasteiger partial charge in [-0.25, -0.2) is 4.79 Å². The minimum atomic E-state index is -0.261. The van der Waals surface area contributed by atoms with Crippen LogP contribution in [0.2, 0.25) is 0 Å². The van der Waals surface area contributed by atoms with Gasteiger partial charge in [-0.05, 0) is 62.9 Å². The lowest BCUT2D eigenvalue weighted by molar-refractivity contribution is -0.132. The van der Waals surface area contributed by atoms with Crippen LogP contribution in [0.15, 0.2) is 36.5 Å². The fourth-order valence-corrected chi connectivity index (χ4v) is 3.60. The summed E-state index contributed by atoms with van der Waals surface area (Å²) in [6.45, 7) is 11.0. The molecule has 0 saturated heterocycles. The van der Waals surface area contributed by atoms with Crippen molar-refractivity contribution in [2.75, 3.05) is 38.2 Å². The largest absolute Gasteiger partial charge is 0.382 e. The van der Waals surface area contributed by atoms with Crippen molar-refractivity contribution in [3.8, 4) is 0 Å². The number of urea groups is 1. The molecule has 0 aliphatic rings. The summed E-state index contributed by atoms with van der Waals surface area (Å²) in [4.78, 5) is 30.0. The number of rotatable bonds is 13. The van der Waals surface area contributed by atoms with Gasteiger partial charge in [0.25, 0.3) is 0 Å². The van der Waals surface area contributed by atoms with Crippen molar-refractivity contribution in [2.45, 2.75) is 53.5 Å². The summed E-state index contributed by atoms with van der Waals surface area (Å²) in [6.07, 6.45) is 4.58. The third-order valence-corrected chi connectivity index (χ3v) is 5.92. The lowest BCUT2D eigenvalue weighted by Gasteiger charge is -2.28. The van der Waals surface area contributed by atoms with E-state index in [9.17, 15) is 9.59 Å². The molecule has 2 aromatic rings. The monoisotopic (exact) mass is 456 g/mol. The van der Waals surface area contributed by atoms with Crippen molar-refractivity contribution in [1.82, 2.24) is 14.4 Å². The van der Waals surface area contributed by atoms with E-state index < -0.39 is 0 Å². The van der Waals surface area contributed by atoms with Gasteiger partial charge >= 0.3 is 6.03 Å². The predicted octanol–water partition coefficient (Wildman–Crippen LogP) is 4.73. The van der Waals surface area contributed by atoms with Crippen molar-refractivity contribution in [3.05, 3.63) is 53.3 Å². The number of carbonyl (C=O) groups excluding carboxylic acids is 2. The van der Waals surface area contributed by atoms with Crippen molar-refractivity contribution < 1.29 is 14.3 Å². The Hall–Kier alpha value is -2.80. The molecule has 0 fully saturated rings. The minimum Gasteiger partial charge on any atom is -0.382 e. The molecule has 33 heavy (non-hydrogen) atoms. The lowest BCUT2D eigenvalue weighted by atomic mass is 10.1. The highest BCUT2D eigenvalue weighted by molar-refractivity contribution is 5.93. The second-order valence-electron chi connectivity index (χ2n) is 8.43. The zero-order valence-corrected chi connectivity index (χ0v) is 20.9. The summed E-state index contributed by atoms with van der Waals surface area (Å²) in [5.74, 6) is -0.0443. The van der Waals surface area contributed by atoms with E-state index in [0.717, 1.165) is 35.3 Å². The molecule has 0 saturated carbocycles. The van der Waals surface area contributed by atoms with Crippen molar-refractivity contribution in [3.63, 3.8) is 0 Å². The van der Waals surface area contributed by atoms with Gasteiger partial charge in [0.15, 0.2) is 0 Å². The summed E-state index contributed by atoms with van der Waals surface area (Å²) in [5.41, 5.74) is 3.98. The van der Waals surface area contributed by atoms with Crippen LogP contribution in [-0.4, -0.2) is 59.2 Å². The molecule has 1 aromatic heterocycles.